The van der Waals surface area contributed by atoms with Crippen LogP contribution in [0.2, 0.25) is 0 Å². The summed E-state index contributed by atoms with van der Waals surface area (Å²) in [6.45, 7) is 4.50. The number of hydrogen-bond donors (Lipinski definition) is 1. The highest BCUT2D eigenvalue weighted by molar-refractivity contribution is 5.07. The van der Waals surface area contributed by atoms with Crippen molar-refractivity contribution in [3.05, 3.63) is 0 Å². The van der Waals surface area contributed by atoms with Gasteiger partial charge in [0.1, 0.15) is 23.9 Å². The number of rotatable bonds is 1. The summed E-state index contributed by atoms with van der Waals surface area (Å²) in [5.41, 5.74) is -0.729. The molecule has 0 aromatic heterocycles. The normalized spacial score (nSPS) is 51.8. The molecule has 0 saturated carbocycles. The van der Waals surface area contributed by atoms with Gasteiger partial charge in [0.05, 0.1) is 19.8 Å². The first kappa shape index (κ1) is 9.99. The Bertz CT molecular complexity index is 269. The molecule has 4 atom stereocenters. The van der Waals surface area contributed by atoms with E-state index in [2.05, 4.69) is 0 Å². The average molecular weight is 216 g/mol. The highest BCUT2D eigenvalue weighted by atomic mass is 16.8. The van der Waals surface area contributed by atoms with Crippen molar-refractivity contribution in [3.8, 4) is 0 Å². The van der Waals surface area contributed by atoms with Gasteiger partial charge in [-0.3, -0.25) is 0 Å². The Morgan fingerprint density at radius 1 is 1.33 bits per heavy atom. The molecule has 4 saturated heterocycles. The van der Waals surface area contributed by atoms with Crippen LogP contribution in [0.4, 0.5) is 0 Å². The van der Waals surface area contributed by atoms with E-state index in [1.54, 1.807) is 0 Å². The quantitative estimate of drug-likeness (QED) is 0.650. The average Bonchev–Trinajstić information content (AvgIpc) is 2.56. The third-order valence-electron chi connectivity index (χ3n) is 3.36. The first-order chi connectivity index (χ1) is 7.06. The Labute approximate surface area is 88.3 Å². The van der Waals surface area contributed by atoms with Crippen molar-refractivity contribution >= 4 is 0 Å². The number of hydrogen-bond acceptors (Lipinski definition) is 5. The van der Waals surface area contributed by atoms with Crippen molar-refractivity contribution in [3.63, 3.8) is 0 Å². The summed E-state index contributed by atoms with van der Waals surface area (Å²) in [5.74, 6) is -0.616. The molecule has 1 N–H and O–H groups in total. The highest BCUT2D eigenvalue weighted by Gasteiger charge is 2.62. The molecule has 0 aromatic rings. The van der Waals surface area contributed by atoms with E-state index in [1.807, 2.05) is 13.8 Å². The lowest BCUT2D eigenvalue weighted by atomic mass is 9.86. The summed E-state index contributed by atoms with van der Waals surface area (Å²) < 4.78 is 22.8. The van der Waals surface area contributed by atoms with Crippen LogP contribution in [-0.2, 0) is 18.9 Å². The third-order valence-corrected chi connectivity index (χ3v) is 3.36. The number of aliphatic hydroxyl groups is 1. The predicted molar refractivity (Wildman–Crippen MR) is 49.3 cm³/mol. The smallest absolute Gasteiger partial charge is 0.164 e. The summed E-state index contributed by atoms with van der Waals surface area (Å²) in [6, 6.07) is 0. The molecule has 0 amide bonds. The van der Waals surface area contributed by atoms with Gasteiger partial charge in [0, 0.05) is 0 Å². The van der Waals surface area contributed by atoms with Gasteiger partial charge in [0.25, 0.3) is 0 Å². The molecule has 4 fully saturated rings. The molecule has 15 heavy (non-hydrogen) atoms. The second-order valence-corrected chi connectivity index (χ2v) is 4.90. The van der Waals surface area contributed by atoms with Gasteiger partial charge < -0.3 is 24.1 Å². The van der Waals surface area contributed by atoms with Crippen LogP contribution in [0.3, 0.4) is 0 Å². The zero-order valence-corrected chi connectivity index (χ0v) is 8.93. The van der Waals surface area contributed by atoms with E-state index in [1.165, 1.54) is 0 Å². The molecule has 5 nitrogen and oxygen atoms in total. The number of fused-ring (bicyclic) bond motifs is 2. The topological polar surface area (TPSA) is 57.2 Å². The van der Waals surface area contributed by atoms with Gasteiger partial charge in [0.2, 0.25) is 0 Å². The molecular formula is C10H16O5. The maximum atomic E-state index is 9.44. The molecule has 4 unspecified atom stereocenters. The van der Waals surface area contributed by atoms with Gasteiger partial charge in [-0.25, -0.2) is 0 Å². The Hall–Kier alpha value is -0.200. The molecule has 0 aromatic carbocycles. The molecule has 4 aliphatic heterocycles. The molecule has 0 spiro atoms. The van der Waals surface area contributed by atoms with E-state index in [0.717, 1.165) is 0 Å². The van der Waals surface area contributed by atoms with E-state index in [-0.39, 0.29) is 24.9 Å². The summed E-state index contributed by atoms with van der Waals surface area (Å²) in [6.07, 6.45) is -0.398. The summed E-state index contributed by atoms with van der Waals surface area (Å²) in [5, 5.41) is 9.44. The predicted octanol–water partition coefficient (Wildman–Crippen LogP) is -0.333. The first-order valence-electron chi connectivity index (χ1n) is 5.28. The van der Waals surface area contributed by atoms with Crippen LogP contribution in [0, 0.1) is 0 Å². The van der Waals surface area contributed by atoms with E-state index < -0.39 is 11.4 Å². The standard InChI is InChI=1S/C10H16O5/c1-9(2)14-7-6-3-13-10(4-11,5-12-6)8(7)15-9/h6-8,11H,3-5H2,1-2H3. The number of ether oxygens (including phenoxy) is 4. The maximum absolute atomic E-state index is 9.44. The SMILES string of the molecule is CC1(C)OC2C3COC(CO)(CO3)C2O1. The molecule has 2 bridgehead atoms. The first-order valence-corrected chi connectivity index (χ1v) is 5.28. The van der Waals surface area contributed by atoms with E-state index in [4.69, 9.17) is 18.9 Å². The Morgan fingerprint density at radius 2 is 2.13 bits per heavy atom. The van der Waals surface area contributed by atoms with Crippen molar-refractivity contribution in [1.29, 1.82) is 0 Å². The fourth-order valence-electron chi connectivity index (χ4n) is 2.59. The molecule has 0 radical (unpaired) electrons. The van der Waals surface area contributed by atoms with Crippen molar-refractivity contribution in [2.24, 2.45) is 0 Å². The van der Waals surface area contributed by atoms with Gasteiger partial charge in [-0.1, -0.05) is 0 Å². The summed E-state index contributed by atoms with van der Waals surface area (Å²) >= 11 is 0. The lowest BCUT2D eigenvalue weighted by molar-refractivity contribution is -0.297. The van der Waals surface area contributed by atoms with Crippen molar-refractivity contribution < 1.29 is 24.1 Å². The monoisotopic (exact) mass is 216 g/mol. The molecular weight excluding hydrogens is 200 g/mol. The second-order valence-electron chi connectivity index (χ2n) is 4.90. The van der Waals surface area contributed by atoms with Crippen LogP contribution in [-0.4, -0.2) is 54.6 Å². The summed E-state index contributed by atoms with van der Waals surface area (Å²) in [7, 11) is 0. The third kappa shape index (κ3) is 1.28. The Morgan fingerprint density at radius 3 is 2.73 bits per heavy atom. The fraction of sp³-hybridized carbons (Fsp3) is 1.00. The van der Waals surface area contributed by atoms with Crippen LogP contribution in [0.25, 0.3) is 0 Å². The van der Waals surface area contributed by atoms with Crippen LogP contribution < -0.4 is 0 Å². The van der Waals surface area contributed by atoms with Crippen LogP contribution in [0.1, 0.15) is 13.8 Å². The second kappa shape index (κ2) is 2.93. The molecule has 4 rings (SSSR count). The van der Waals surface area contributed by atoms with Crippen molar-refractivity contribution in [2.75, 3.05) is 19.8 Å². The molecule has 86 valence electrons. The molecule has 4 heterocycles. The van der Waals surface area contributed by atoms with Gasteiger partial charge in [-0.05, 0) is 13.8 Å². The molecule has 4 aliphatic rings. The maximum Gasteiger partial charge on any atom is 0.164 e. The zero-order valence-electron chi connectivity index (χ0n) is 8.93. The van der Waals surface area contributed by atoms with E-state index in [0.29, 0.717) is 13.2 Å². The highest BCUT2D eigenvalue weighted by Crippen LogP contribution is 2.44. The summed E-state index contributed by atoms with van der Waals surface area (Å²) in [4.78, 5) is 0. The van der Waals surface area contributed by atoms with E-state index in [9.17, 15) is 5.11 Å². The minimum absolute atomic E-state index is 0.0646. The van der Waals surface area contributed by atoms with Gasteiger partial charge in [-0.15, -0.1) is 0 Å². The Kier molecular flexibility index (Phi) is 1.95. The minimum Gasteiger partial charge on any atom is -0.393 e. The van der Waals surface area contributed by atoms with Gasteiger partial charge in [-0.2, -0.15) is 0 Å². The Balaban J connectivity index is 1.93. The molecule has 0 aliphatic carbocycles. The lowest BCUT2D eigenvalue weighted by Crippen LogP contribution is -2.69. The van der Waals surface area contributed by atoms with E-state index >= 15 is 0 Å². The molecule has 5 heteroatoms. The largest absolute Gasteiger partial charge is 0.393 e. The van der Waals surface area contributed by atoms with Crippen molar-refractivity contribution in [1.82, 2.24) is 0 Å². The lowest BCUT2D eigenvalue weighted by Gasteiger charge is -2.50. The zero-order chi connectivity index (χ0) is 10.7. The van der Waals surface area contributed by atoms with Crippen LogP contribution in [0.5, 0.6) is 0 Å². The van der Waals surface area contributed by atoms with Gasteiger partial charge >= 0.3 is 0 Å². The minimum atomic E-state index is -0.729. The van der Waals surface area contributed by atoms with Crippen molar-refractivity contribution in [2.45, 2.75) is 43.5 Å². The van der Waals surface area contributed by atoms with Gasteiger partial charge in [0.15, 0.2) is 5.79 Å². The number of aliphatic hydroxyl groups excluding tert-OH is 1. The van der Waals surface area contributed by atoms with Crippen LogP contribution >= 0.6 is 0 Å². The van der Waals surface area contributed by atoms with Crippen LogP contribution in [0.15, 0.2) is 0 Å². The fourth-order valence-corrected chi connectivity index (χ4v) is 2.59.